The maximum atomic E-state index is 12.8. The third-order valence-corrected chi connectivity index (χ3v) is 5.29. The van der Waals surface area contributed by atoms with Crippen molar-refractivity contribution in [1.29, 1.82) is 0 Å². The van der Waals surface area contributed by atoms with E-state index in [-0.39, 0.29) is 11.3 Å². The van der Waals surface area contributed by atoms with E-state index in [1.54, 1.807) is 18.2 Å². The van der Waals surface area contributed by atoms with Crippen molar-refractivity contribution in [2.24, 2.45) is 0 Å². The number of aryl methyl sites for hydroxylation is 1. The van der Waals surface area contributed by atoms with Crippen LogP contribution in [0, 0.1) is 6.92 Å². The molecule has 0 radical (unpaired) electrons. The van der Waals surface area contributed by atoms with Crippen LogP contribution in [0.1, 0.15) is 78.1 Å². The van der Waals surface area contributed by atoms with E-state index in [2.05, 4.69) is 6.92 Å². The Morgan fingerprint density at radius 3 is 2.45 bits per heavy atom. The summed E-state index contributed by atoms with van der Waals surface area (Å²) < 4.78 is 5.93. The molecule has 0 spiro atoms. The molecule has 0 saturated carbocycles. The van der Waals surface area contributed by atoms with E-state index in [4.69, 9.17) is 4.42 Å². The van der Waals surface area contributed by atoms with Crippen LogP contribution in [0.5, 0.6) is 0 Å². The van der Waals surface area contributed by atoms with E-state index in [0.717, 1.165) is 23.8 Å². The number of carboxylic acid groups (broad SMARTS) is 1. The fraction of sp³-hybridized carbons (Fsp3) is 0.360. The van der Waals surface area contributed by atoms with Gasteiger partial charge in [0.1, 0.15) is 11.3 Å². The molecule has 4 nitrogen and oxygen atoms in total. The molecule has 3 aromatic rings. The quantitative estimate of drug-likeness (QED) is 0.297. The van der Waals surface area contributed by atoms with Gasteiger partial charge in [0, 0.05) is 22.9 Å². The Balaban J connectivity index is 1.83. The van der Waals surface area contributed by atoms with Gasteiger partial charge in [0.25, 0.3) is 0 Å². The predicted molar refractivity (Wildman–Crippen MR) is 116 cm³/mol. The molecule has 4 heteroatoms. The zero-order valence-electron chi connectivity index (χ0n) is 17.2. The molecule has 152 valence electrons. The van der Waals surface area contributed by atoms with Crippen molar-refractivity contribution in [3.05, 3.63) is 59.2 Å². The number of fused-ring (bicyclic) bond motifs is 1. The molecule has 1 aromatic heterocycles. The molecule has 1 N–H and O–H groups in total. The average molecular weight is 392 g/mol. The average Bonchev–Trinajstić information content (AvgIpc) is 3.14. The Morgan fingerprint density at radius 1 is 0.931 bits per heavy atom. The maximum Gasteiger partial charge on any atom is 0.336 e. The van der Waals surface area contributed by atoms with Crippen LogP contribution in [0.25, 0.3) is 22.3 Å². The number of rotatable bonds is 10. The topological polar surface area (TPSA) is 67.5 Å². The van der Waals surface area contributed by atoms with E-state index < -0.39 is 5.97 Å². The molecule has 0 atom stereocenters. The maximum absolute atomic E-state index is 12.8. The molecule has 0 aliphatic rings. The molecule has 3 rings (SSSR count). The molecule has 2 aromatic carbocycles. The summed E-state index contributed by atoms with van der Waals surface area (Å²) in [5, 5.41) is 10.3. The van der Waals surface area contributed by atoms with Crippen LogP contribution in [0.2, 0.25) is 0 Å². The molecule has 29 heavy (non-hydrogen) atoms. The largest absolute Gasteiger partial charge is 0.478 e. The number of ketones is 1. The van der Waals surface area contributed by atoms with Crippen molar-refractivity contribution in [2.75, 3.05) is 0 Å². The van der Waals surface area contributed by atoms with Crippen LogP contribution in [0.3, 0.4) is 0 Å². The van der Waals surface area contributed by atoms with Crippen molar-refractivity contribution in [1.82, 2.24) is 0 Å². The van der Waals surface area contributed by atoms with Crippen LogP contribution in [0.15, 0.2) is 46.9 Å². The number of furan rings is 1. The lowest BCUT2D eigenvalue weighted by Crippen LogP contribution is -2.00. The summed E-state index contributed by atoms with van der Waals surface area (Å²) in [6.45, 7) is 4.05. The second-order valence-corrected chi connectivity index (χ2v) is 7.62. The summed E-state index contributed by atoms with van der Waals surface area (Å²) in [5.41, 5.74) is 2.84. The van der Waals surface area contributed by atoms with Crippen molar-refractivity contribution in [3.63, 3.8) is 0 Å². The first-order valence-electron chi connectivity index (χ1n) is 10.4. The van der Waals surface area contributed by atoms with Crippen LogP contribution in [-0.4, -0.2) is 16.9 Å². The Labute approximate surface area is 171 Å². The molecule has 0 aliphatic carbocycles. The van der Waals surface area contributed by atoms with Gasteiger partial charge in [0.15, 0.2) is 5.78 Å². The van der Waals surface area contributed by atoms with Gasteiger partial charge in [-0.15, -0.1) is 0 Å². The second-order valence-electron chi connectivity index (χ2n) is 7.62. The number of Topliss-reactive ketones (excluding diaryl/α,β-unsaturated/α-hetero) is 1. The van der Waals surface area contributed by atoms with Crippen molar-refractivity contribution < 1.29 is 19.1 Å². The monoisotopic (exact) mass is 392 g/mol. The van der Waals surface area contributed by atoms with E-state index in [1.165, 1.54) is 25.7 Å². The Bertz CT molecular complexity index is 1010. The number of carbonyl (C=O) groups is 2. The fourth-order valence-corrected chi connectivity index (χ4v) is 3.69. The molecule has 1 heterocycles. The number of hydrogen-bond acceptors (Lipinski definition) is 3. The van der Waals surface area contributed by atoms with Gasteiger partial charge >= 0.3 is 5.97 Å². The number of aromatic carboxylic acids is 1. The number of carbonyl (C=O) groups excluding carboxylic acids is 1. The van der Waals surface area contributed by atoms with Gasteiger partial charge in [-0.1, -0.05) is 68.9 Å². The summed E-state index contributed by atoms with van der Waals surface area (Å²) in [6.07, 6.45) is 7.36. The normalized spacial score (nSPS) is 11.1. The van der Waals surface area contributed by atoms with Crippen molar-refractivity contribution in [3.8, 4) is 11.3 Å². The van der Waals surface area contributed by atoms with Gasteiger partial charge in [-0.3, -0.25) is 4.79 Å². The minimum atomic E-state index is -0.997. The molecule has 0 aliphatic heterocycles. The van der Waals surface area contributed by atoms with E-state index in [0.29, 0.717) is 28.9 Å². The third-order valence-electron chi connectivity index (χ3n) is 5.29. The second kappa shape index (κ2) is 9.55. The van der Waals surface area contributed by atoms with Gasteiger partial charge in [-0.25, -0.2) is 4.79 Å². The lowest BCUT2D eigenvalue weighted by molar-refractivity contribution is 0.0697. The van der Waals surface area contributed by atoms with Crippen LogP contribution in [0.4, 0.5) is 0 Å². The van der Waals surface area contributed by atoms with Crippen LogP contribution in [-0.2, 0) is 0 Å². The molecule has 0 amide bonds. The zero-order chi connectivity index (χ0) is 20.8. The highest BCUT2D eigenvalue weighted by Crippen LogP contribution is 2.33. The minimum absolute atomic E-state index is 0.112. The first kappa shape index (κ1) is 20.8. The third kappa shape index (κ3) is 4.94. The van der Waals surface area contributed by atoms with Crippen molar-refractivity contribution >= 4 is 22.7 Å². The predicted octanol–water partition coefficient (Wildman–Crippen LogP) is 7.04. The van der Waals surface area contributed by atoms with Crippen LogP contribution >= 0.6 is 0 Å². The Morgan fingerprint density at radius 2 is 1.69 bits per heavy atom. The fourth-order valence-electron chi connectivity index (χ4n) is 3.69. The van der Waals surface area contributed by atoms with Crippen molar-refractivity contribution in [2.45, 2.75) is 58.8 Å². The van der Waals surface area contributed by atoms with E-state index in [1.807, 2.05) is 31.2 Å². The van der Waals surface area contributed by atoms with E-state index in [9.17, 15) is 14.7 Å². The number of hydrogen-bond donors (Lipinski definition) is 1. The SMILES string of the molecule is CCCCCCCCC(=O)c1cccc2oc(-c3ccc(C)cc3C(=O)O)cc12. The van der Waals surface area contributed by atoms with Gasteiger partial charge in [-0.2, -0.15) is 0 Å². The van der Waals surface area contributed by atoms with Gasteiger partial charge in [-0.05, 0) is 31.5 Å². The summed E-state index contributed by atoms with van der Waals surface area (Å²) in [6, 6.07) is 12.5. The first-order chi connectivity index (χ1) is 14.0. The minimum Gasteiger partial charge on any atom is -0.478 e. The molecular weight excluding hydrogens is 364 g/mol. The summed E-state index contributed by atoms with van der Waals surface area (Å²) >= 11 is 0. The first-order valence-corrected chi connectivity index (χ1v) is 10.4. The smallest absolute Gasteiger partial charge is 0.336 e. The molecule has 0 saturated heterocycles. The standard InChI is InChI=1S/C25H28O4/c1-3-4-5-6-7-8-11-22(26)18-10-9-12-23-20(18)16-24(29-23)19-14-13-17(2)15-21(19)25(27)28/h9-10,12-16H,3-8,11H2,1-2H3,(H,27,28). The van der Waals surface area contributed by atoms with Gasteiger partial charge < -0.3 is 9.52 Å². The van der Waals surface area contributed by atoms with Gasteiger partial charge in [0.05, 0.1) is 5.56 Å². The lowest BCUT2D eigenvalue weighted by atomic mass is 9.99. The van der Waals surface area contributed by atoms with E-state index >= 15 is 0 Å². The number of benzene rings is 2. The Hall–Kier alpha value is -2.88. The summed E-state index contributed by atoms with van der Waals surface area (Å²) in [7, 11) is 0. The number of unbranched alkanes of at least 4 members (excludes halogenated alkanes) is 5. The van der Waals surface area contributed by atoms with Gasteiger partial charge in [0.2, 0.25) is 0 Å². The van der Waals surface area contributed by atoms with Crippen LogP contribution < -0.4 is 0 Å². The summed E-state index contributed by atoms with van der Waals surface area (Å²) in [4.78, 5) is 24.4. The Kier molecular flexibility index (Phi) is 6.86. The molecular formula is C25H28O4. The highest BCUT2D eigenvalue weighted by atomic mass is 16.4. The molecule has 0 fully saturated rings. The summed E-state index contributed by atoms with van der Waals surface area (Å²) in [5.74, 6) is -0.415. The molecule has 0 unspecified atom stereocenters. The number of carboxylic acids is 1. The zero-order valence-corrected chi connectivity index (χ0v) is 17.2. The highest BCUT2D eigenvalue weighted by molar-refractivity contribution is 6.08. The highest BCUT2D eigenvalue weighted by Gasteiger charge is 2.18. The molecule has 0 bridgehead atoms. The lowest BCUT2D eigenvalue weighted by Gasteiger charge is -2.04.